The van der Waals surface area contributed by atoms with Gasteiger partial charge in [-0.15, -0.1) is 0 Å². The van der Waals surface area contributed by atoms with E-state index in [1.54, 1.807) is 19.5 Å². The van der Waals surface area contributed by atoms with Gasteiger partial charge in [0.25, 0.3) is 5.91 Å². The molecule has 28 heavy (non-hydrogen) atoms. The van der Waals surface area contributed by atoms with E-state index < -0.39 is 0 Å². The summed E-state index contributed by atoms with van der Waals surface area (Å²) in [6.45, 7) is 6.04. The van der Waals surface area contributed by atoms with Gasteiger partial charge in [-0.1, -0.05) is 13.3 Å². The molecule has 3 rings (SSSR count). The molecule has 150 valence electrons. The predicted molar refractivity (Wildman–Crippen MR) is 111 cm³/mol. The van der Waals surface area contributed by atoms with Crippen LogP contribution in [0, 0.1) is 0 Å². The van der Waals surface area contributed by atoms with E-state index in [4.69, 9.17) is 4.74 Å². The van der Waals surface area contributed by atoms with Crippen LogP contribution in [0.25, 0.3) is 0 Å². The zero-order chi connectivity index (χ0) is 19.9. The van der Waals surface area contributed by atoms with Gasteiger partial charge in [-0.2, -0.15) is 0 Å². The molecule has 0 bridgehead atoms. The molecule has 0 radical (unpaired) electrons. The number of carbonyl (C=O) groups is 1. The van der Waals surface area contributed by atoms with Crippen molar-refractivity contribution in [3.63, 3.8) is 0 Å². The number of hydrogen-bond acceptors (Lipinski definition) is 6. The quantitative estimate of drug-likeness (QED) is 0.733. The van der Waals surface area contributed by atoms with Crippen LogP contribution in [0.1, 0.15) is 30.1 Å². The molecule has 0 aliphatic carbocycles. The van der Waals surface area contributed by atoms with E-state index in [0.29, 0.717) is 24.6 Å². The summed E-state index contributed by atoms with van der Waals surface area (Å²) < 4.78 is 5.21. The Morgan fingerprint density at radius 3 is 2.32 bits per heavy atom. The third kappa shape index (κ3) is 4.71. The monoisotopic (exact) mass is 383 g/mol. The topological polar surface area (TPSA) is 61.8 Å². The highest BCUT2D eigenvalue weighted by Crippen LogP contribution is 2.21. The van der Waals surface area contributed by atoms with Crippen LogP contribution in [0.3, 0.4) is 0 Å². The molecule has 1 amide bonds. The summed E-state index contributed by atoms with van der Waals surface area (Å²) in [6.07, 6.45) is 5.51. The second kappa shape index (κ2) is 9.39. The summed E-state index contributed by atoms with van der Waals surface area (Å²) >= 11 is 0. The van der Waals surface area contributed by atoms with Crippen LogP contribution in [0.15, 0.2) is 36.7 Å². The Bertz CT molecular complexity index is 755. The van der Waals surface area contributed by atoms with Crippen molar-refractivity contribution in [1.82, 2.24) is 14.9 Å². The number of carbonyl (C=O) groups excluding carboxylic acids is 1. The number of ether oxygens (including phenoxy) is 1. The number of piperazine rings is 1. The van der Waals surface area contributed by atoms with Crippen molar-refractivity contribution in [2.24, 2.45) is 0 Å². The lowest BCUT2D eigenvalue weighted by Crippen LogP contribution is -2.48. The number of amides is 1. The maximum absolute atomic E-state index is 12.8. The van der Waals surface area contributed by atoms with Crippen LogP contribution in [0.4, 0.5) is 11.6 Å². The molecule has 0 atom stereocenters. The molecule has 0 unspecified atom stereocenters. The second-order valence-corrected chi connectivity index (χ2v) is 7.02. The zero-order valence-electron chi connectivity index (χ0n) is 17.0. The van der Waals surface area contributed by atoms with Crippen molar-refractivity contribution in [1.29, 1.82) is 0 Å². The Morgan fingerprint density at radius 1 is 1.11 bits per heavy atom. The molecular formula is C21H29N5O2. The lowest BCUT2D eigenvalue weighted by atomic mass is 10.2. The van der Waals surface area contributed by atoms with Crippen molar-refractivity contribution >= 4 is 17.5 Å². The lowest BCUT2D eigenvalue weighted by Gasteiger charge is -2.36. The predicted octanol–water partition coefficient (Wildman–Crippen LogP) is 2.68. The molecule has 0 spiro atoms. The fourth-order valence-electron chi connectivity index (χ4n) is 3.27. The Balaban J connectivity index is 1.55. The van der Waals surface area contributed by atoms with Crippen LogP contribution < -0.4 is 14.5 Å². The molecule has 1 aromatic carbocycles. The third-order valence-electron chi connectivity index (χ3n) is 5.08. The van der Waals surface area contributed by atoms with Gasteiger partial charge in [0.05, 0.1) is 12.7 Å². The normalized spacial score (nSPS) is 14.1. The van der Waals surface area contributed by atoms with Crippen LogP contribution in [0.5, 0.6) is 5.75 Å². The summed E-state index contributed by atoms with van der Waals surface area (Å²) in [6, 6.07) is 8.03. The summed E-state index contributed by atoms with van der Waals surface area (Å²) in [7, 11) is 3.64. The van der Waals surface area contributed by atoms with Crippen LogP contribution in [-0.4, -0.2) is 67.7 Å². The van der Waals surface area contributed by atoms with Gasteiger partial charge in [0.1, 0.15) is 5.75 Å². The van der Waals surface area contributed by atoms with E-state index in [-0.39, 0.29) is 5.91 Å². The summed E-state index contributed by atoms with van der Waals surface area (Å²) in [5.41, 5.74) is 1.70. The first-order chi connectivity index (χ1) is 13.6. The summed E-state index contributed by atoms with van der Waals surface area (Å²) in [5.74, 6) is 1.51. The molecule has 1 aliphatic heterocycles. The first kappa shape index (κ1) is 19.9. The number of benzene rings is 1. The fourth-order valence-corrected chi connectivity index (χ4v) is 3.27. The van der Waals surface area contributed by atoms with Gasteiger partial charge in [0, 0.05) is 57.9 Å². The van der Waals surface area contributed by atoms with Gasteiger partial charge in [-0.05, 0) is 30.7 Å². The van der Waals surface area contributed by atoms with Crippen LogP contribution in [-0.2, 0) is 0 Å². The van der Waals surface area contributed by atoms with Gasteiger partial charge in [-0.25, -0.2) is 9.97 Å². The number of anilines is 2. The molecule has 2 aromatic rings. The van der Waals surface area contributed by atoms with Crippen LogP contribution in [0.2, 0.25) is 0 Å². The van der Waals surface area contributed by atoms with Gasteiger partial charge in [-0.3, -0.25) is 4.79 Å². The highest BCUT2D eigenvalue weighted by Gasteiger charge is 2.23. The molecule has 0 N–H and O–H groups in total. The van der Waals surface area contributed by atoms with Crippen molar-refractivity contribution in [3.8, 4) is 5.75 Å². The van der Waals surface area contributed by atoms with E-state index in [9.17, 15) is 4.79 Å². The van der Waals surface area contributed by atoms with Gasteiger partial charge in [0.15, 0.2) is 0 Å². The van der Waals surface area contributed by atoms with Crippen molar-refractivity contribution in [2.45, 2.75) is 19.8 Å². The summed E-state index contributed by atoms with van der Waals surface area (Å²) in [5, 5.41) is 0. The zero-order valence-corrected chi connectivity index (χ0v) is 17.0. The summed E-state index contributed by atoms with van der Waals surface area (Å²) in [4.78, 5) is 27.7. The Kier molecular flexibility index (Phi) is 6.68. The largest absolute Gasteiger partial charge is 0.497 e. The average Bonchev–Trinajstić information content (AvgIpc) is 2.77. The second-order valence-electron chi connectivity index (χ2n) is 7.02. The highest BCUT2D eigenvalue weighted by molar-refractivity contribution is 5.93. The molecule has 1 aromatic heterocycles. The van der Waals surface area contributed by atoms with Gasteiger partial charge in [0.2, 0.25) is 5.95 Å². The first-order valence-electron chi connectivity index (χ1n) is 9.84. The molecule has 1 aliphatic rings. The lowest BCUT2D eigenvalue weighted by molar-refractivity contribution is 0.0746. The van der Waals surface area contributed by atoms with E-state index in [2.05, 4.69) is 33.9 Å². The standard InChI is InChI=1S/C21H29N5O2/c1-4-5-10-24(2)21-22-15-17(16-23-21)20(27)26-13-11-25(12-14-26)18-6-8-19(28-3)9-7-18/h6-9,15-16H,4-5,10-14H2,1-3H3. The minimum atomic E-state index is -0.00265. The van der Waals surface area contributed by atoms with Crippen LogP contribution >= 0.6 is 0 Å². The smallest absolute Gasteiger partial charge is 0.257 e. The molecule has 1 fully saturated rings. The molecule has 1 saturated heterocycles. The Morgan fingerprint density at radius 2 is 1.75 bits per heavy atom. The number of hydrogen-bond donors (Lipinski definition) is 0. The maximum atomic E-state index is 12.8. The Labute approximate surface area is 166 Å². The molecule has 2 heterocycles. The van der Waals surface area contributed by atoms with Crippen molar-refractivity contribution < 1.29 is 9.53 Å². The molecule has 0 saturated carbocycles. The first-order valence-corrected chi connectivity index (χ1v) is 9.84. The average molecular weight is 383 g/mol. The third-order valence-corrected chi connectivity index (χ3v) is 5.08. The van der Waals surface area contributed by atoms with Gasteiger partial charge < -0.3 is 19.4 Å². The molecule has 7 heteroatoms. The maximum Gasteiger partial charge on any atom is 0.257 e. The van der Waals surface area contributed by atoms with E-state index in [0.717, 1.165) is 43.9 Å². The van der Waals surface area contributed by atoms with E-state index >= 15 is 0 Å². The molecule has 7 nitrogen and oxygen atoms in total. The Hall–Kier alpha value is -2.83. The number of rotatable bonds is 7. The number of methoxy groups -OCH3 is 1. The van der Waals surface area contributed by atoms with E-state index in [1.165, 1.54) is 0 Å². The number of aromatic nitrogens is 2. The van der Waals surface area contributed by atoms with Crippen molar-refractivity contribution in [3.05, 3.63) is 42.2 Å². The minimum absolute atomic E-state index is 0.00265. The SMILES string of the molecule is CCCCN(C)c1ncc(C(=O)N2CCN(c3ccc(OC)cc3)CC2)cn1. The van der Waals surface area contributed by atoms with E-state index in [1.807, 2.05) is 29.0 Å². The number of nitrogens with zero attached hydrogens (tertiary/aromatic N) is 5. The number of unbranched alkanes of at least 4 members (excludes halogenated alkanes) is 1. The minimum Gasteiger partial charge on any atom is -0.497 e. The molecular weight excluding hydrogens is 354 g/mol. The van der Waals surface area contributed by atoms with Crippen molar-refractivity contribution in [2.75, 3.05) is 56.7 Å². The fraction of sp³-hybridized carbons (Fsp3) is 0.476. The highest BCUT2D eigenvalue weighted by atomic mass is 16.5. The van der Waals surface area contributed by atoms with Gasteiger partial charge >= 0.3 is 0 Å².